The third-order valence-electron chi connectivity index (χ3n) is 2.33. The molecule has 0 amide bonds. The van der Waals surface area contributed by atoms with Crippen molar-refractivity contribution in [2.24, 2.45) is 5.73 Å². The van der Waals surface area contributed by atoms with Gasteiger partial charge in [-0.25, -0.2) is 0 Å². The number of hydrogen-bond donors (Lipinski definition) is 1. The first-order chi connectivity index (χ1) is 5.89. The maximum atomic E-state index is 5.83. The van der Waals surface area contributed by atoms with Gasteiger partial charge in [0.2, 0.25) is 0 Å². The van der Waals surface area contributed by atoms with Crippen molar-refractivity contribution in [2.75, 3.05) is 13.2 Å². The Morgan fingerprint density at radius 2 is 2.08 bits per heavy atom. The van der Waals surface area contributed by atoms with Crippen molar-refractivity contribution < 1.29 is 9.47 Å². The molecule has 0 aliphatic carbocycles. The first-order valence-corrected chi connectivity index (χ1v) is 4.91. The summed E-state index contributed by atoms with van der Waals surface area (Å²) in [4.78, 5) is 0. The summed E-state index contributed by atoms with van der Waals surface area (Å²) in [6.45, 7) is 9.37. The zero-order valence-electron chi connectivity index (χ0n) is 9.09. The monoisotopic (exact) mass is 187 g/mol. The van der Waals surface area contributed by atoms with E-state index in [2.05, 4.69) is 13.8 Å². The van der Waals surface area contributed by atoms with Crippen LogP contribution in [-0.2, 0) is 9.47 Å². The summed E-state index contributed by atoms with van der Waals surface area (Å²) in [5.41, 5.74) is 5.39. The molecule has 0 aromatic rings. The van der Waals surface area contributed by atoms with Gasteiger partial charge in [-0.2, -0.15) is 0 Å². The molecule has 13 heavy (non-hydrogen) atoms. The van der Waals surface area contributed by atoms with Crippen molar-refractivity contribution in [3.63, 3.8) is 0 Å². The van der Waals surface area contributed by atoms with Gasteiger partial charge in [0, 0.05) is 13.0 Å². The zero-order chi connectivity index (χ0) is 10.1. The molecule has 1 aliphatic heterocycles. The molecule has 1 unspecified atom stereocenters. The van der Waals surface area contributed by atoms with E-state index in [4.69, 9.17) is 15.2 Å². The van der Waals surface area contributed by atoms with Gasteiger partial charge in [0.05, 0.1) is 18.3 Å². The molecule has 0 aromatic heterocycles. The van der Waals surface area contributed by atoms with Crippen LogP contribution < -0.4 is 5.73 Å². The summed E-state index contributed by atoms with van der Waals surface area (Å²) in [5.74, 6) is 0. The maximum Gasteiger partial charge on any atom is 0.107 e. The first-order valence-electron chi connectivity index (χ1n) is 4.91. The fourth-order valence-corrected chi connectivity index (χ4v) is 1.96. The molecule has 0 bridgehead atoms. The molecular weight excluding hydrogens is 166 g/mol. The molecule has 1 saturated heterocycles. The predicted octanol–water partition coefficient (Wildman–Crippen LogP) is 1.31. The number of nitrogens with two attached hydrogens (primary N) is 1. The van der Waals surface area contributed by atoms with Crippen LogP contribution in [0, 0.1) is 0 Å². The molecular formula is C10H21NO2. The second-order valence-corrected chi connectivity index (χ2v) is 4.78. The van der Waals surface area contributed by atoms with E-state index in [-0.39, 0.29) is 17.3 Å². The summed E-state index contributed by atoms with van der Waals surface area (Å²) >= 11 is 0. The molecule has 1 atom stereocenters. The lowest BCUT2D eigenvalue weighted by Gasteiger charge is -2.29. The summed E-state index contributed by atoms with van der Waals surface area (Å²) in [7, 11) is 0. The van der Waals surface area contributed by atoms with Crippen molar-refractivity contribution in [2.45, 2.75) is 51.4 Å². The van der Waals surface area contributed by atoms with Gasteiger partial charge in [0.1, 0.15) is 5.60 Å². The van der Waals surface area contributed by atoms with Crippen molar-refractivity contribution in [3.05, 3.63) is 0 Å². The molecule has 0 saturated carbocycles. The summed E-state index contributed by atoms with van der Waals surface area (Å²) in [6, 6.07) is 0. The molecule has 0 spiro atoms. The molecule has 1 fully saturated rings. The Morgan fingerprint density at radius 1 is 1.46 bits per heavy atom. The first kappa shape index (κ1) is 11.0. The second-order valence-electron chi connectivity index (χ2n) is 4.78. The number of rotatable bonds is 3. The SMILES string of the molecule is CC(C)OC1(CN)COC(C)(C)C1. The molecule has 1 rings (SSSR count). The van der Waals surface area contributed by atoms with Gasteiger partial charge < -0.3 is 15.2 Å². The average Bonchev–Trinajstić information content (AvgIpc) is 2.26. The van der Waals surface area contributed by atoms with E-state index in [9.17, 15) is 0 Å². The van der Waals surface area contributed by atoms with E-state index in [1.54, 1.807) is 0 Å². The predicted molar refractivity (Wildman–Crippen MR) is 52.7 cm³/mol. The van der Waals surface area contributed by atoms with E-state index in [1.165, 1.54) is 0 Å². The molecule has 3 nitrogen and oxygen atoms in total. The van der Waals surface area contributed by atoms with Crippen LogP contribution in [0.1, 0.15) is 34.1 Å². The fourth-order valence-electron chi connectivity index (χ4n) is 1.96. The van der Waals surface area contributed by atoms with E-state index >= 15 is 0 Å². The Hall–Kier alpha value is -0.120. The van der Waals surface area contributed by atoms with Crippen LogP contribution in [0.15, 0.2) is 0 Å². The van der Waals surface area contributed by atoms with Gasteiger partial charge in [-0.15, -0.1) is 0 Å². The van der Waals surface area contributed by atoms with Crippen LogP contribution in [0.2, 0.25) is 0 Å². The van der Waals surface area contributed by atoms with E-state index < -0.39 is 0 Å². The van der Waals surface area contributed by atoms with Gasteiger partial charge >= 0.3 is 0 Å². The smallest absolute Gasteiger partial charge is 0.107 e. The third kappa shape index (κ3) is 2.66. The third-order valence-corrected chi connectivity index (χ3v) is 2.33. The van der Waals surface area contributed by atoms with E-state index in [1.807, 2.05) is 13.8 Å². The Balaban J connectivity index is 2.63. The Morgan fingerprint density at radius 3 is 2.38 bits per heavy atom. The van der Waals surface area contributed by atoms with Gasteiger partial charge in [-0.05, 0) is 27.7 Å². The fraction of sp³-hybridized carbons (Fsp3) is 1.00. The molecule has 0 aromatic carbocycles. The van der Waals surface area contributed by atoms with E-state index in [0.29, 0.717) is 13.2 Å². The lowest BCUT2D eigenvalue weighted by molar-refractivity contribution is -0.0763. The largest absolute Gasteiger partial charge is 0.372 e. The van der Waals surface area contributed by atoms with Gasteiger partial charge in [0.15, 0.2) is 0 Å². The molecule has 0 radical (unpaired) electrons. The van der Waals surface area contributed by atoms with Crippen molar-refractivity contribution >= 4 is 0 Å². The van der Waals surface area contributed by atoms with Crippen molar-refractivity contribution in [1.82, 2.24) is 0 Å². The van der Waals surface area contributed by atoms with Crippen LogP contribution >= 0.6 is 0 Å². The molecule has 1 aliphatic rings. The van der Waals surface area contributed by atoms with Gasteiger partial charge in [0.25, 0.3) is 0 Å². The summed E-state index contributed by atoms with van der Waals surface area (Å²) < 4.78 is 11.5. The van der Waals surface area contributed by atoms with E-state index in [0.717, 1.165) is 6.42 Å². The summed E-state index contributed by atoms with van der Waals surface area (Å²) in [5, 5.41) is 0. The van der Waals surface area contributed by atoms with Crippen LogP contribution in [0.5, 0.6) is 0 Å². The molecule has 2 N–H and O–H groups in total. The van der Waals surface area contributed by atoms with Crippen LogP contribution in [-0.4, -0.2) is 30.5 Å². The Labute approximate surface area is 80.6 Å². The second kappa shape index (κ2) is 3.56. The highest BCUT2D eigenvalue weighted by molar-refractivity contribution is 4.95. The molecule has 3 heteroatoms. The highest BCUT2D eigenvalue weighted by Crippen LogP contribution is 2.35. The van der Waals surface area contributed by atoms with Crippen LogP contribution in [0.3, 0.4) is 0 Å². The topological polar surface area (TPSA) is 44.5 Å². The maximum absolute atomic E-state index is 5.83. The van der Waals surface area contributed by atoms with Crippen molar-refractivity contribution in [3.8, 4) is 0 Å². The number of hydrogen-bond acceptors (Lipinski definition) is 3. The molecule has 1 heterocycles. The lowest BCUT2D eigenvalue weighted by atomic mass is 9.93. The number of ether oxygens (including phenoxy) is 2. The highest BCUT2D eigenvalue weighted by Gasteiger charge is 2.44. The standard InChI is InChI=1S/C10H21NO2/c1-8(2)13-10(6-11)5-9(3,4)12-7-10/h8H,5-7,11H2,1-4H3. The summed E-state index contributed by atoms with van der Waals surface area (Å²) in [6.07, 6.45) is 1.09. The quantitative estimate of drug-likeness (QED) is 0.724. The van der Waals surface area contributed by atoms with Crippen LogP contribution in [0.25, 0.3) is 0 Å². The Kier molecular flexibility index (Phi) is 3.00. The minimum absolute atomic E-state index is 0.0890. The van der Waals surface area contributed by atoms with Crippen molar-refractivity contribution in [1.29, 1.82) is 0 Å². The lowest BCUT2D eigenvalue weighted by Crippen LogP contribution is -2.44. The Bertz CT molecular complexity index is 180. The van der Waals surface area contributed by atoms with Gasteiger partial charge in [-0.1, -0.05) is 0 Å². The average molecular weight is 187 g/mol. The zero-order valence-corrected chi connectivity index (χ0v) is 9.09. The minimum atomic E-state index is -0.252. The normalized spacial score (nSPS) is 32.8. The highest BCUT2D eigenvalue weighted by atomic mass is 16.6. The van der Waals surface area contributed by atoms with Crippen LogP contribution in [0.4, 0.5) is 0 Å². The minimum Gasteiger partial charge on any atom is -0.372 e. The molecule has 78 valence electrons. The van der Waals surface area contributed by atoms with Gasteiger partial charge in [-0.3, -0.25) is 0 Å².